The fraction of sp³-hybridized carbons (Fsp3) is 0.531. The smallest absolute Gasteiger partial charge is 0.247 e. The maximum absolute atomic E-state index is 14.0. The molecule has 2 aliphatic rings. The molecule has 4 rings (SSSR count). The second-order valence-corrected chi connectivity index (χ2v) is 11.7. The number of hydrogen-bond donors (Lipinski definition) is 3. The normalized spacial score (nSPS) is 22.6. The highest BCUT2D eigenvalue weighted by Gasteiger charge is 2.38. The molecule has 9 heteroatoms. The van der Waals surface area contributed by atoms with Crippen LogP contribution in [0, 0.1) is 11.8 Å². The Morgan fingerprint density at radius 2 is 1.68 bits per heavy atom. The van der Waals surface area contributed by atoms with Gasteiger partial charge in [0.2, 0.25) is 17.7 Å². The molecule has 224 valence electrons. The molecule has 2 aromatic carbocycles. The molecular weight excluding hydrogens is 520 g/mol. The van der Waals surface area contributed by atoms with Crippen molar-refractivity contribution in [3.05, 3.63) is 65.7 Å². The Morgan fingerprint density at radius 1 is 1.02 bits per heavy atom. The average molecular weight is 567 g/mol. The van der Waals surface area contributed by atoms with Crippen molar-refractivity contribution < 1.29 is 23.9 Å². The molecule has 41 heavy (non-hydrogen) atoms. The summed E-state index contributed by atoms with van der Waals surface area (Å²) in [5.41, 5.74) is 1.90. The lowest BCUT2D eigenvalue weighted by molar-refractivity contribution is -0.136. The fourth-order valence-electron chi connectivity index (χ4n) is 5.02. The highest BCUT2D eigenvalue weighted by atomic mass is 16.5. The summed E-state index contributed by atoms with van der Waals surface area (Å²) in [7, 11) is 5.28. The lowest BCUT2D eigenvalue weighted by atomic mass is 9.95. The van der Waals surface area contributed by atoms with Gasteiger partial charge in [0.25, 0.3) is 0 Å². The number of likely N-dealkylation sites (N-methyl/N-ethyl adjacent to an activating group) is 1. The van der Waals surface area contributed by atoms with Gasteiger partial charge in [-0.2, -0.15) is 0 Å². The van der Waals surface area contributed by atoms with Gasteiger partial charge in [0, 0.05) is 13.7 Å². The van der Waals surface area contributed by atoms with Gasteiger partial charge >= 0.3 is 0 Å². The summed E-state index contributed by atoms with van der Waals surface area (Å²) in [6, 6.07) is 14.8. The number of benzene rings is 2. The molecule has 2 heterocycles. The SMILES string of the molecule is CO[C@H]1CNC(=O)[C@@H](CC(C)C)NC(=O)[C@@H](NC(=O)[C@H](Cc2ccccc2)N(C)C)[C@H](C(C)C)Oc2ccc1cc2. The minimum atomic E-state index is -1.04. The first-order valence-electron chi connectivity index (χ1n) is 14.4. The van der Waals surface area contributed by atoms with Crippen molar-refractivity contribution in [3.63, 3.8) is 0 Å². The maximum atomic E-state index is 14.0. The monoisotopic (exact) mass is 566 g/mol. The van der Waals surface area contributed by atoms with Gasteiger partial charge in [0.15, 0.2) is 0 Å². The van der Waals surface area contributed by atoms with E-state index in [1.54, 1.807) is 7.11 Å². The van der Waals surface area contributed by atoms with E-state index in [9.17, 15) is 14.4 Å². The number of nitrogens with zero attached hydrogens (tertiary/aromatic N) is 1. The molecule has 0 spiro atoms. The van der Waals surface area contributed by atoms with Crippen LogP contribution in [-0.4, -0.2) is 74.6 Å². The van der Waals surface area contributed by atoms with Gasteiger partial charge in [-0.3, -0.25) is 19.3 Å². The van der Waals surface area contributed by atoms with Gasteiger partial charge in [-0.25, -0.2) is 0 Å². The Balaban J connectivity index is 2.00. The number of nitrogens with one attached hydrogen (secondary N) is 3. The summed E-state index contributed by atoms with van der Waals surface area (Å²) in [5.74, 6) is -0.490. The summed E-state index contributed by atoms with van der Waals surface area (Å²) in [5, 5.41) is 8.89. The van der Waals surface area contributed by atoms with Gasteiger partial charge in [-0.05, 0) is 62.0 Å². The Bertz CT molecular complexity index is 1140. The van der Waals surface area contributed by atoms with Crippen LogP contribution in [0.2, 0.25) is 0 Å². The minimum absolute atomic E-state index is 0.143. The third kappa shape index (κ3) is 9.03. The highest BCUT2D eigenvalue weighted by Crippen LogP contribution is 2.24. The summed E-state index contributed by atoms with van der Waals surface area (Å²) >= 11 is 0. The van der Waals surface area contributed by atoms with Crippen molar-refractivity contribution in [2.75, 3.05) is 27.7 Å². The average Bonchev–Trinajstić information content (AvgIpc) is 2.93. The van der Waals surface area contributed by atoms with Crippen LogP contribution < -0.4 is 20.7 Å². The van der Waals surface area contributed by atoms with Gasteiger partial charge in [-0.1, -0.05) is 70.2 Å². The summed E-state index contributed by atoms with van der Waals surface area (Å²) < 4.78 is 12.0. The number of methoxy groups -OCH3 is 1. The first-order chi connectivity index (χ1) is 19.5. The predicted octanol–water partition coefficient (Wildman–Crippen LogP) is 3.10. The van der Waals surface area contributed by atoms with Gasteiger partial charge in [0.05, 0.1) is 12.1 Å². The first-order valence-corrected chi connectivity index (χ1v) is 14.4. The van der Waals surface area contributed by atoms with Crippen molar-refractivity contribution in [3.8, 4) is 5.75 Å². The van der Waals surface area contributed by atoms with E-state index in [4.69, 9.17) is 9.47 Å². The molecule has 9 nitrogen and oxygen atoms in total. The minimum Gasteiger partial charge on any atom is -0.487 e. The zero-order valence-corrected chi connectivity index (χ0v) is 25.3. The number of rotatable bonds is 9. The molecule has 0 aliphatic carbocycles. The van der Waals surface area contributed by atoms with Crippen molar-refractivity contribution in [2.24, 2.45) is 11.8 Å². The predicted molar refractivity (Wildman–Crippen MR) is 159 cm³/mol. The standard InChI is InChI=1S/C32H46N4O5/c1-20(2)17-25-30(37)33-19-27(40-7)23-13-15-24(16-14-23)41-29(21(3)4)28(32(39)34-25)35-31(38)26(36(5)6)18-22-11-9-8-10-12-22/h8-16,20-21,25-29H,17-19H2,1-7H3,(H,33,37)(H,34,39)(H,35,38)/t25-,26+,27+,28+,29+/m1/s1. The highest BCUT2D eigenvalue weighted by molar-refractivity contribution is 5.93. The first kappa shape index (κ1) is 32.1. The summed E-state index contributed by atoms with van der Waals surface area (Å²) in [6.07, 6.45) is -0.146. The fourth-order valence-corrected chi connectivity index (χ4v) is 5.02. The second-order valence-electron chi connectivity index (χ2n) is 11.7. The van der Waals surface area contributed by atoms with Crippen molar-refractivity contribution in [2.45, 2.75) is 70.9 Å². The van der Waals surface area contributed by atoms with E-state index in [0.717, 1.165) is 11.1 Å². The van der Waals surface area contributed by atoms with Crippen molar-refractivity contribution in [1.29, 1.82) is 0 Å². The summed E-state index contributed by atoms with van der Waals surface area (Å²) in [6.45, 7) is 8.13. The van der Waals surface area contributed by atoms with Crippen LogP contribution in [0.25, 0.3) is 0 Å². The molecular formula is C32H46N4O5. The molecule has 2 aliphatic heterocycles. The van der Waals surface area contributed by atoms with E-state index in [0.29, 0.717) is 18.6 Å². The third-order valence-corrected chi connectivity index (χ3v) is 7.37. The van der Waals surface area contributed by atoms with Crippen LogP contribution >= 0.6 is 0 Å². The largest absolute Gasteiger partial charge is 0.487 e. The van der Waals surface area contributed by atoms with E-state index < -0.39 is 30.1 Å². The van der Waals surface area contributed by atoms with Crippen LogP contribution in [0.3, 0.4) is 0 Å². The number of ether oxygens (including phenoxy) is 2. The van der Waals surface area contributed by atoms with Crippen molar-refractivity contribution >= 4 is 17.7 Å². The topological polar surface area (TPSA) is 109 Å². The van der Waals surface area contributed by atoms with Gasteiger partial charge < -0.3 is 25.4 Å². The Morgan fingerprint density at radius 3 is 2.24 bits per heavy atom. The zero-order chi connectivity index (χ0) is 30.1. The molecule has 2 aromatic rings. The number of fused-ring (bicyclic) bond motifs is 11. The Labute approximate surface area is 244 Å². The molecule has 5 atom stereocenters. The Kier molecular flexibility index (Phi) is 11.7. The number of hydrogen-bond acceptors (Lipinski definition) is 6. The number of carbonyl (C=O) groups excluding carboxylic acids is 3. The molecule has 0 radical (unpaired) electrons. The van der Waals surface area contributed by atoms with Gasteiger partial charge in [0.1, 0.15) is 23.9 Å². The zero-order valence-electron chi connectivity index (χ0n) is 25.3. The number of amides is 3. The van der Waals surface area contributed by atoms with E-state index in [-0.39, 0.29) is 36.3 Å². The van der Waals surface area contributed by atoms with E-state index in [1.807, 2.05) is 101 Å². The molecule has 3 amide bonds. The lowest BCUT2D eigenvalue weighted by Gasteiger charge is -2.34. The lowest BCUT2D eigenvalue weighted by Crippen LogP contribution is -2.62. The molecule has 0 aromatic heterocycles. The molecule has 3 N–H and O–H groups in total. The van der Waals surface area contributed by atoms with E-state index >= 15 is 0 Å². The van der Waals surface area contributed by atoms with E-state index in [1.165, 1.54) is 0 Å². The summed E-state index contributed by atoms with van der Waals surface area (Å²) in [4.78, 5) is 42.9. The van der Waals surface area contributed by atoms with Crippen LogP contribution in [0.5, 0.6) is 5.75 Å². The molecule has 0 fully saturated rings. The third-order valence-electron chi connectivity index (χ3n) is 7.37. The van der Waals surface area contributed by atoms with Crippen molar-refractivity contribution in [1.82, 2.24) is 20.9 Å². The quantitative estimate of drug-likeness (QED) is 0.431. The van der Waals surface area contributed by atoms with Crippen LogP contribution in [0.15, 0.2) is 54.6 Å². The molecule has 2 bridgehead atoms. The van der Waals surface area contributed by atoms with Crippen LogP contribution in [-0.2, 0) is 25.5 Å². The molecule has 0 saturated heterocycles. The van der Waals surface area contributed by atoms with E-state index in [2.05, 4.69) is 16.0 Å². The molecule has 0 saturated carbocycles. The number of carbonyl (C=O) groups is 3. The Hall–Kier alpha value is -3.43. The maximum Gasteiger partial charge on any atom is 0.247 e. The van der Waals surface area contributed by atoms with Gasteiger partial charge in [-0.15, -0.1) is 0 Å². The molecule has 0 unspecified atom stereocenters. The second kappa shape index (κ2) is 15.0. The van der Waals surface area contributed by atoms with Crippen LogP contribution in [0.1, 0.15) is 51.3 Å². The van der Waals surface area contributed by atoms with Crippen LogP contribution in [0.4, 0.5) is 0 Å².